The minimum Gasteiger partial charge on any atom is -0.298 e. The third-order valence-corrected chi connectivity index (χ3v) is 5.48. The molecule has 2 aromatic heterocycles. The molecule has 0 saturated heterocycles. The van der Waals surface area contributed by atoms with E-state index in [4.69, 9.17) is 0 Å². The van der Waals surface area contributed by atoms with Crippen molar-refractivity contribution in [1.82, 2.24) is 8.96 Å². The molecule has 0 atom stereocenters. The van der Waals surface area contributed by atoms with Gasteiger partial charge in [-0.15, -0.1) is 0 Å². The van der Waals surface area contributed by atoms with E-state index >= 15 is 0 Å². The van der Waals surface area contributed by atoms with Crippen molar-refractivity contribution in [3.05, 3.63) is 58.5 Å². The van der Waals surface area contributed by atoms with Crippen LogP contribution in [-0.4, -0.2) is 23.7 Å². The Morgan fingerprint density at radius 1 is 1.23 bits per heavy atom. The van der Waals surface area contributed by atoms with E-state index in [1.54, 1.807) is 30.3 Å². The van der Waals surface area contributed by atoms with Crippen LogP contribution < -0.4 is 0 Å². The molecule has 22 heavy (non-hydrogen) atoms. The molecule has 1 aromatic carbocycles. The molecule has 0 bridgehead atoms. The van der Waals surface area contributed by atoms with Crippen LogP contribution in [0.3, 0.4) is 0 Å². The van der Waals surface area contributed by atoms with Gasteiger partial charge in [0, 0.05) is 23.3 Å². The van der Waals surface area contributed by atoms with Crippen LogP contribution in [0.4, 0.5) is 0 Å². The average molecular weight is 379 g/mol. The minimum atomic E-state index is -3.78. The fourth-order valence-corrected chi connectivity index (χ4v) is 3.90. The molecule has 0 unspecified atom stereocenters. The summed E-state index contributed by atoms with van der Waals surface area (Å²) in [5.74, 6) is 0. The van der Waals surface area contributed by atoms with Crippen LogP contribution in [0.5, 0.6) is 0 Å². The van der Waals surface area contributed by atoms with Gasteiger partial charge < -0.3 is 0 Å². The van der Waals surface area contributed by atoms with Gasteiger partial charge in [0.05, 0.1) is 10.4 Å². The zero-order valence-corrected chi connectivity index (χ0v) is 13.9. The number of halogens is 1. The molecule has 0 aliphatic carbocycles. The van der Waals surface area contributed by atoms with E-state index < -0.39 is 10.0 Å². The predicted molar refractivity (Wildman–Crippen MR) is 86.6 cm³/mol. The lowest BCUT2D eigenvalue weighted by molar-refractivity contribution is 0.112. The predicted octanol–water partition coefficient (Wildman–Crippen LogP) is 3.16. The molecule has 5 nitrogen and oxygen atoms in total. The van der Waals surface area contributed by atoms with Gasteiger partial charge >= 0.3 is 0 Å². The minimum absolute atomic E-state index is 0.167. The molecule has 0 fully saturated rings. The van der Waals surface area contributed by atoms with Gasteiger partial charge in [-0.25, -0.2) is 17.4 Å². The van der Waals surface area contributed by atoms with Crippen LogP contribution >= 0.6 is 15.9 Å². The highest BCUT2D eigenvalue weighted by Gasteiger charge is 2.21. The first-order valence-corrected chi connectivity index (χ1v) is 8.61. The summed E-state index contributed by atoms with van der Waals surface area (Å²) < 4.78 is 27.2. The van der Waals surface area contributed by atoms with Crippen molar-refractivity contribution in [3.8, 4) is 0 Å². The van der Waals surface area contributed by atoms with Gasteiger partial charge in [-0.3, -0.25) is 4.79 Å². The normalized spacial score (nSPS) is 11.7. The lowest BCUT2D eigenvalue weighted by atomic mass is 10.2. The smallest absolute Gasteiger partial charge is 0.268 e. The number of benzene rings is 1. The molecule has 3 rings (SSSR count). The van der Waals surface area contributed by atoms with E-state index in [0.29, 0.717) is 21.8 Å². The number of nitrogens with zero attached hydrogens (tertiary/aromatic N) is 2. The summed E-state index contributed by atoms with van der Waals surface area (Å²) in [6.45, 7) is 1.88. The first-order chi connectivity index (χ1) is 10.4. The first kappa shape index (κ1) is 14.9. The fraction of sp³-hybridized carbons (Fsp3) is 0.0667. The molecular formula is C15H11BrN2O3S. The average Bonchev–Trinajstić information content (AvgIpc) is 2.86. The number of aromatic nitrogens is 2. The molecular weight excluding hydrogens is 368 g/mol. The van der Waals surface area contributed by atoms with E-state index in [1.165, 1.54) is 12.4 Å². The standard InChI is InChI=1S/C15H11BrN2O3S/c1-10-2-4-12(5-3-10)22(20,21)18-8-11(9-19)13-7-17-15(16)6-14(13)18/h2-9H,1H3. The van der Waals surface area contributed by atoms with Crippen molar-refractivity contribution < 1.29 is 13.2 Å². The largest absolute Gasteiger partial charge is 0.298 e. The number of hydrogen-bond donors (Lipinski definition) is 0. The Labute approximate surface area is 135 Å². The van der Waals surface area contributed by atoms with Crippen LogP contribution in [0.2, 0.25) is 0 Å². The van der Waals surface area contributed by atoms with Crippen LogP contribution in [0, 0.1) is 6.92 Å². The summed E-state index contributed by atoms with van der Waals surface area (Å²) in [6, 6.07) is 8.14. The summed E-state index contributed by atoms with van der Waals surface area (Å²) in [7, 11) is -3.78. The zero-order chi connectivity index (χ0) is 15.9. The second kappa shape index (κ2) is 5.33. The maximum atomic E-state index is 12.8. The summed E-state index contributed by atoms with van der Waals surface area (Å²) in [5, 5.41) is 0.494. The number of hydrogen-bond acceptors (Lipinski definition) is 4. The van der Waals surface area contributed by atoms with Crippen LogP contribution in [0.25, 0.3) is 10.9 Å². The van der Waals surface area contributed by atoms with E-state index in [-0.39, 0.29) is 10.5 Å². The molecule has 2 heterocycles. The Hall–Kier alpha value is -1.99. The van der Waals surface area contributed by atoms with Gasteiger partial charge in [0.25, 0.3) is 10.0 Å². The van der Waals surface area contributed by atoms with Crippen LogP contribution in [-0.2, 0) is 10.0 Å². The molecule has 7 heteroatoms. The number of fused-ring (bicyclic) bond motifs is 1. The monoisotopic (exact) mass is 378 g/mol. The molecule has 0 radical (unpaired) electrons. The molecule has 0 aliphatic rings. The van der Waals surface area contributed by atoms with Gasteiger partial charge in [0.15, 0.2) is 6.29 Å². The summed E-state index contributed by atoms with van der Waals surface area (Å²) in [5.41, 5.74) is 1.66. The van der Waals surface area contributed by atoms with E-state index in [9.17, 15) is 13.2 Å². The lowest BCUT2D eigenvalue weighted by Crippen LogP contribution is -2.11. The summed E-state index contributed by atoms with van der Waals surface area (Å²) in [6.07, 6.45) is 3.42. The highest BCUT2D eigenvalue weighted by molar-refractivity contribution is 9.10. The number of pyridine rings is 1. The van der Waals surface area contributed by atoms with E-state index in [0.717, 1.165) is 9.54 Å². The van der Waals surface area contributed by atoms with Gasteiger partial charge in [0.2, 0.25) is 0 Å². The highest BCUT2D eigenvalue weighted by Crippen LogP contribution is 2.26. The second-order valence-electron chi connectivity index (χ2n) is 4.84. The number of carbonyl (C=O) groups is 1. The van der Waals surface area contributed by atoms with Crippen LogP contribution in [0.1, 0.15) is 15.9 Å². The lowest BCUT2D eigenvalue weighted by Gasteiger charge is -2.08. The Balaban J connectivity index is 2.31. The summed E-state index contributed by atoms with van der Waals surface area (Å²) >= 11 is 3.22. The van der Waals surface area contributed by atoms with Crippen molar-refractivity contribution in [2.24, 2.45) is 0 Å². The first-order valence-electron chi connectivity index (χ1n) is 6.37. The Morgan fingerprint density at radius 2 is 1.91 bits per heavy atom. The SMILES string of the molecule is Cc1ccc(S(=O)(=O)n2cc(C=O)c3cnc(Br)cc32)cc1. The molecule has 0 amide bonds. The van der Waals surface area contributed by atoms with Crippen molar-refractivity contribution in [1.29, 1.82) is 0 Å². The van der Waals surface area contributed by atoms with Crippen molar-refractivity contribution in [2.75, 3.05) is 0 Å². The molecule has 0 saturated carbocycles. The van der Waals surface area contributed by atoms with Crippen LogP contribution in [0.15, 0.2) is 52.2 Å². The molecule has 112 valence electrons. The zero-order valence-electron chi connectivity index (χ0n) is 11.5. The quantitative estimate of drug-likeness (QED) is 0.518. The Kier molecular flexibility index (Phi) is 3.62. The Morgan fingerprint density at radius 3 is 2.55 bits per heavy atom. The maximum absolute atomic E-state index is 12.8. The second-order valence-corrected chi connectivity index (χ2v) is 7.47. The molecule has 0 aliphatic heterocycles. The van der Waals surface area contributed by atoms with Gasteiger partial charge in [-0.05, 0) is 41.1 Å². The van der Waals surface area contributed by atoms with Crippen molar-refractivity contribution in [2.45, 2.75) is 11.8 Å². The molecule has 0 N–H and O–H groups in total. The summed E-state index contributed by atoms with van der Waals surface area (Å²) in [4.78, 5) is 15.4. The van der Waals surface area contributed by atoms with E-state index in [1.807, 2.05) is 6.92 Å². The molecule has 3 aromatic rings. The number of aldehydes is 1. The molecule has 0 spiro atoms. The van der Waals surface area contributed by atoms with Gasteiger partial charge in [-0.2, -0.15) is 0 Å². The Bertz CT molecular complexity index is 976. The third kappa shape index (κ3) is 2.36. The third-order valence-electron chi connectivity index (χ3n) is 3.36. The number of aryl methyl sites for hydroxylation is 1. The number of rotatable bonds is 3. The van der Waals surface area contributed by atoms with Gasteiger partial charge in [-0.1, -0.05) is 17.7 Å². The fourth-order valence-electron chi connectivity index (χ4n) is 2.21. The van der Waals surface area contributed by atoms with E-state index in [2.05, 4.69) is 20.9 Å². The maximum Gasteiger partial charge on any atom is 0.268 e. The van der Waals surface area contributed by atoms with Crippen molar-refractivity contribution in [3.63, 3.8) is 0 Å². The number of carbonyl (C=O) groups excluding carboxylic acids is 1. The van der Waals surface area contributed by atoms with Crippen molar-refractivity contribution >= 4 is 43.1 Å². The highest BCUT2D eigenvalue weighted by atomic mass is 79.9. The van der Waals surface area contributed by atoms with Gasteiger partial charge in [0.1, 0.15) is 4.60 Å². The topological polar surface area (TPSA) is 69.0 Å².